The number of amides is 1. The fourth-order valence-electron chi connectivity index (χ4n) is 1.02. The number of aliphatic hydroxyl groups is 1. The van der Waals surface area contributed by atoms with E-state index < -0.39 is 18.2 Å². The Balaban J connectivity index is 2.43. The molecule has 13 heavy (non-hydrogen) atoms. The first-order valence-electron chi connectivity index (χ1n) is 3.80. The van der Waals surface area contributed by atoms with E-state index in [1.54, 1.807) is 0 Å². The average molecular weight is 189 g/mol. The molecule has 0 aromatic carbocycles. The van der Waals surface area contributed by atoms with Crippen molar-refractivity contribution in [1.82, 2.24) is 4.90 Å². The molecule has 1 fully saturated rings. The van der Waals surface area contributed by atoms with Crippen LogP contribution in [0.4, 0.5) is 4.79 Å². The van der Waals surface area contributed by atoms with Gasteiger partial charge in [-0.25, -0.2) is 4.79 Å². The molecule has 6 heteroatoms. The predicted octanol–water partition coefficient (Wildman–Crippen LogP) is -1.03. The van der Waals surface area contributed by atoms with Gasteiger partial charge in [0.15, 0.2) is 0 Å². The Bertz CT molecular complexity index is 217. The molecule has 1 N–H and O–H groups in total. The molecule has 0 saturated carbocycles. The number of hydrogen-bond acceptors (Lipinski definition) is 5. The van der Waals surface area contributed by atoms with Gasteiger partial charge in [0.05, 0.1) is 20.3 Å². The van der Waals surface area contributed by atoms with Gasteiger partial charge in [0.2, 0.25) is 0 Å². The van der Waals surface area contributed by atoms with E-state index in [-0.39, 0.29) is 19.7 Å². The van der Waals surface area contributed by atoms with E-state index in [4.69, 9.17) is 9.84 Å². The summed E-state index contributed by atoms with van der Waals surface area (Å²) in [4.78, 5) is 22.9. The Morgan fingerprint density at radius 1 is 1.85 bits per heavy atom. The highest BCUT2D eigenvalue weighted by Gasteiger charge is 2.31. The van der Waals surface area contributed by atoms with Gasteiger partial charge in [-0.05, 0) is 0 Å². The summed E-state index contributed by atoms with van der Waals surface area (Å²) >= 11 is 0. The van der Waals surface area contributed by atoms with Gasteiger partial charge >= 0.3 is 12.1 Å². The number of ether oxygens (including phenoxy) is 2. The van der Waals surface area contributed by atoms with Crippen LogP contribution < -0.4 is 0 Å². The van der Waals surface area contributed by atoms with Crippen LogP contribution in [-0.2, 0) is 14.3 Å². The third-order valence-electron chi connectivity index (χ3n) is 1.70. The molecule has 1 amide bonds. The van der Waals surface area contributed by atoms with Crippen molar-refractivity contribution in [2.75, 3.05) is 26.8 Å². The summed E-state index contributed by atoms with van der Waals surface area (Å²) in [6.07, 6.45) is -1.12. The Morgan fingerprint density at radius 3 is 3.00 bits per heavy atom. The number of rotatable bonds is 3. The number of carbonyl (C=O) groups excluding carboxylic acids is 2. The zero-order chi connectivity index (χ0) is 9.84. The lowest BCUT2D eigenvalue weighted by atomic mass is 10.4. The third-order valence-corrected chi connectivity index (χ3v) is 1.70. The highest BCUT2D eigenvalue weighted by Crippen LogP contribution is 2.09. The van der Waals surface area contributed by atoms with Crippen LogP contribution >= 0.6 is 0 Å². The van der Waals surface area contributed by atoms with Crippen LogP contribution in [0.15, 0.2) is 0 Å². The molecule has 1 heterocycles. The van der Waals surface area contributed by atoms with E-state index in [9.17, 15) is 9.59 Å². The van der Waals surface area contributed by atoms with E-state index >= 15 is 0 Å². The van der Waals surface area contributed by atoms with E-state index in [1.807, 2.05) is 0 Å². The van der Waals surface area contributed by atoms with Crippen LogP contribution in [0, 0.1) is 0 Å². The van der Waals surface area contributed by atoms with Crippen molar-refractivity contribution in [3.63, 3.8) is 0 Å². The van der Waals surface area contributed by atoms with Crippen molar-refractivity contribution in [2.45, 2.75) is 6.10 Å². The molecule has 1 aliphatic heterocycles. The number of hydrogen-bond donors (Lipinski definition) is 1. The lowest BCUT2D eigenvalue weighted by Gasteiger charge is -2.09. The standard InChI is InChI=1S/C7H11NO5/c1-12-6(10)3-8-2-5(4-9)13-7(8)11/h5,9H,2-4H2,1H3. The minimum absolute atomic E-state index is 0.133. The van der Waals surface area contributed by atoms with Crippen LogP contribution in [0.3, 0.4) is 0 Å². The molecular weight excluding hydrogens is 178 g/mol. The first-order valence-corrected chi connectivity index (χ1v) is 3.80. The van der Waals surface area contributed by atoms with Crippen molar-refractivity contribution >= 4 is 12.1 Å². The van der Waals surface area contributed by atoms with Crippen LogP contribution in [-0.4, -0.2) is 55.0 Å². The second kappa shape index (κ2) is 4.08. The molecule has 0 radical (unpaired) electrons. The molecule has 1 unspecified atom stereocenters. The largest absolute Gasteiger partial charge is 0.468 e. The van der Waals surface area contributed by atoms with Gasteiger partial charge in [-0.2, -0.15) is 0 Å². The van der Waals surface area contributed by atoms with Crippen molar-refractivity contribution in [1.29, 1.82) is 0 Å². The lowest BCUT2D eigenvalue weighted by Crippen LogP contribution is -2.32. The van der Waals surface area contributed by atoms with E-state index in [2.05, 4.69) is 4.74 Å². The Kier molecular flexibility index (Phi) is 3.07. The highest BCUT2D eigenvalue weighted by molar-refractivity contribution is 5.79. The molecule has 1 aliphatic rings. The van der Waals surface area contributed by atoms with Crippen molar-refractivity contribution in [3.05, 3.63) is 0 Å². The second-order valence-corrected chi connectivity index (χ2v) is 2.64. The quantitative estimate of drug-likeness (QED) is 0.574. The number of nitrogens with zero attached hydrogens (tertiary/aromatic N) is 1. The number of cyclic esters (lactones) is 1. The SMILES string of the molecule is COC(=O)CN1CC(CO)OC1=O. The monoisotopic (exact) mass is 189 g/mol. The second-order valence-electron chi connectivity index (χ2n) is 2.64. The van der Waals surface area contributed by atoms with Gasteiger partial charge in [-0.15, -0.1) is 0 Å². The fourth-order valence-corrected chi connectivity index (χ4v) is 1.02. The number of esters is 1. The van der Waals surface area contributed by atoms with Crippen LogP contribution in [0.25, 0.3) is 0 Å². The van der Waals surface area contributed by atoms with Crippen LogP contribution in [0.1, 0.15) is 0 Å². The van der Waals surface area contributed by atoms with Crippen LogP contribution in [0.2, 0.25) is 0 Å². The van der Waals surface area contributed by atoms with Gasteiger partial charge in [-0.3, -0.25) is 9.69 Å². The molecular formula is C7H11NO5. The van der Waals surface area contributed by atoms with E-state index in [0.717, 1.165) is 0 Å². The maximum Gasteiger partial charge on any atom is 0.410 e. The van der Waals surface area contributed by atoms with E-state index in [1.165, 1.54) is 12.0 Å². The Morgan fingerprint density at radius 2 is 2.54 bits per heavy atom. The lowest BCUT2D eigenvalue weighted by molar-refractivity contribution is -0.141. The predicted molar refractivity (Wildman–Crippen MR) is 40.9 cm³/mol. The number of carbonyl (C=O) groups is 2. The third kappa shape index (κ3) is 2.32. The molecule has 1 atom stereocenters. The first kappa shape index (κ1) is 9.79. The minimum atomic E-state index is -0.593. The summed E-state index contributed by atoms with van der Waals surface area (Å²) in [5, 5.41) is 8.67. The topological polar surface area (TPSA) is 76.1 Å². The maximum atomic E-state index is 11.0. The Hall–Kier alpha value is -1.30. The molecule has 0 aromatic rings. The molecule has 6 nitrogen and oxygen atoms in total. The maximum absolute atomic E-state index is 11.0. The Labute approximate surface area is 75.0 Å². The van der Waals surface area contributed by atoms with Gasteiger partial charge in [0.25, 0.3) is 0 Å². The smallest absolute Gasteiger partial charge is 0.410 e. The van der Waals surface area contributed by atoms with Crippen molar-refractivity contribution < 1.29 is 24.2 Å². The van der Waals surface area contributed by atoms with Crippen molar-refractivity contribution in [2.24, 2.45) is 0 Å². The summed E-state index contributed by atoms with van der Waals surface area (Å²) in [6.45, 7) is -0.139. The fraction of sp³-hybridized carbons (Fsp3) is 0.714. The van der Waals surface area contributed by atoms with Gasteiger partial charge in [0, 0.05) is 0 Å². The summed E-state index contributed by atoms with van der Waals surface area (Å²) in [5.41, 5.74) is 0. The normalized spacial score (nSPS) is 21.5. The molecule has 1 rings (SSSR count). The highest BCUT2D eigenvalue weighted by atomic mass is 16.6. The van der Waals surface area contributed by atoms with Crippen LogP contribution in [0.5, 0.6) is 0 Å². The molecule has 74 valence electrons. The average Bonchev–Trinajstić information content (AvgIpc) is 2.47. The first-order chi connectivity index (χ1) is 6.17. The summed E-state index contributed by atoms with van der Waals surface area (Å²) in [5.74, 6) is -0.504. The number of aliphatic hydroxyl groups excluding tert-OH is 1. The molecule has 0 bridgehead atoms. The zero-order valence-electron chi connectivity index (χ0n) is 7.23. The van der Waals surface area contributed by atoms with Gasteiger partial charge in [-0.1, -0.05) is 0 Å². The summed E-state index contributed by atoms with van der Waals surface area (Å²) in [7, 11) is 1.24. The molecule has 0 spiro atoms. The summed E-state index contributed by atoms with van der Waals surface area (Å²) in [6, 6.07) is 0. The molecule has 0 aromatic heterocycles. The molecule has 1 saturated heterocycles. The van der Waals surface area contributed by atoms with Gasteiger partial charge in [0.1, 0.15) is 12.6 Å². The van der Waals surface area contributed by atoms with Crippen molar-refractivity contribution in [3.8, 4) is 0 Å². The number of methoxy groups -OCH3 is 1. The van der Waals surface area contributed by atoms with E-state index in [0.29, 0.717) is 0 Å². The minimum Gasteiger partial charge on any atom is -0.468 e. The van der Waals surface area contributed by atoms with Gasteiger partial charge < -0.3 is 14.6 Å². The zero-order valence-corrected chi connectivity index (χ0v) is 7.23. The summed E-state index contributed by atoms with van der Waals surface area (Å²) < 4.78 is 9.08. The molecule has 0 aliphatic carbocycles.